The molecule has 3 aromatic rings. The molecule has 0 aliphatic carbocycles. The molecule has 0 saturated carbocycles. The summed E-state index contributed by atoms with van der Waals surface area (Å²) in [6.45, 7) is 0. The molecule has 0 aliphatic heterocycles. The molecular formula is C16H10ClN5O4. The third-order valence-electron chi connectivity index (χ3n) is 3.42. The summed E-state index contributed by atoms with van der Waals surface area (Å²) in [5.74, 6) is -0.596. The Hall–Kier alpha value is -3.59. The highest BCUT2D eigenvalue weighted by molar-refractivity contribution is 6.32. The number of non-ortho nitro benzene ring substituents is 1. The number of nitrogens with one attached hydrogen (secondary N) is 1. The maximum Gasteiger partial charge on any atom is 0.271 e. The van der Waals surface area contributed by atoms with Gasteiger partial charge in [-0.1, -0.05) is 17.7 Å². The highest BCUT2D eigenvalue weighted by Gasteiger charge is 2.10. The minimum atomic E-state index is -0.596. The lowest BCUT2D eigenvalue weighted by atomic mass is 10.2. The second kappa shape index (κ2) is 7.11. The monoisotopic (exact) mass is 371 g/mol. The van der Waals surface area contributed by atoms with Crippen LogP contribution >= 0.6 is 11.6 Å². The van der Waals surface area contributed by atoms with Crippen molar-refractivity contribution in [2.75, 3.05) is 0 Å². The fraction of sp³-hybridized carbons (Fsp3) is 0. The number of rotatable bonds is 4. The van der Waals surface area contributed by atoms with E-state index >= 15 is 0 Å². The number of benzene rings is 1. The lowest BCUT2D eigenvalue weighted by Crippen LogP contribution is -2.22. The van der Waals surface area contributed by atoms with Crippen LogP contribution in [0.15, 0.2) is 58.6 Å². The Morgan fingerprint density at radius 2 is 2.00 bits per heavy atom. The zero-order chi connectivity index (χ0) is 18.7. The minimum absolute atomic E-state index is 0.0133. The van der Waals surface area contributed by atoms with E-state index in [-0.39, 0.29) is 22.0 Å². The quantitative estimate of drug-likeness (QED) is 0.325. The molecule has 0 atom stereocenters. The van der Waals surface area contributed by atoms with Crippen LogP contribution in [0, 0.1) is 10.1 Å². The van der Waals surface area contributed by atoms with Gasteiger partial charge in [0.25, 0.3) is 17.2 Å². The van der Waals surface area contributed by atoms with Gasteiger partial charge >= 0.3 is 0 Å². The summed E-state index contributed by atoms with van der Waals surface area (Å²) < 4.78 is 1.30. The van der Waals surface area contributed by atoms with Gasteiger partial charge in [0.05, 0.1) is 16.7 Å². The molecule has 0 radical (unpaired) electrons. The first-order valence-corrected chi connectivity index (χ1v) is 7.60. The molecule has 1 N–H and O–H groups in total. The number of hydrogen-bond donors (Lipinski definition) is 1. The van der Waals surface area contributed by atoms with Crippen molar-refractivity contribution in [3.63, 3.8) is 0 Å². The molecule has 0 bridgehead atoms. The molecule has 0 saturated heterocycles. The van der Waals surface area contributed by atoms with E-state index in [2.05, 4.69) is 15.5 Å². The highest BCUT2D eigenvalue weighted by Crippen LogP contribution is 2.12. The van der Waals surface area contributed by atoms with Gasteiger partial charge in [0.15, 0.2) is 0 Å². The molecule has 1 amide bonds. The summed E-state index contributed by atoms with van der Waals surface area (Å²) in [5, 5.41) is 14.3. The van der Waals surface area contributed by atoms with Crippen molar-refractivity contribution in [3.8, 4) is 0 Å². The van der Waals surface area contributed by atoms with Gasteiger partial charge in [-0.3, -0.25) is 24.1 Å². The van der Waals surface area contributed by atoms with Gasteiger partial charge in [0.2, 0.25) is 0 Å². The fourth-order valence-corrected chi connectivity index (χ4v) is 2.35. The predicted octanol–water partition coefficient (Wildman–Crippen LogP) is 2.02. The number of aromatic nitrogens is 2. The lowest BCUT2D eigenvalue weighted by molar-refractivity contribution is -0.384. The highest BCUT2D eigenvalue weighted by atomic mass is 35.5. The smallest absolute Gasteiger partial charge is 0.268 e. The summed E-state index contributed by atoms with van der Waals surface area (Å²) in [5.41, 5.74) is 2.23. The zero-order valence-corrected chi connectivity index (χ0v) is 13.8. The van der Waals surface area contributed by atoms with Crippen molar-refractivity contribution >= 4 is 35.1 Å². The first kappa shape index (κ1) is 17.2. The summed E-state index contributed by atoms with van der Waals surface area (Å²) in [6, 6.07) is 10.0. The lowest BCUT2D eigenvalue weighted by Gasteiger charge is -2.03. The molecule has 0 spiro atoms. The number of pyridine rings is 1. The van der Waals surface area contributed by atoms with E-state index in [0.717, 1.165) is 6.21 Å². The number of nitrogens with zero attached hydrogens (tertiary/aromatic N) is 4. The standard InChI is InChI=1S/C16H10ClN5O4/c17-14-12(16(24)21-8-2-1-3-13(21)19-14)9-18-20-15(23)10-4-6-11(7-5-10)22(25)26/h1-9H,(H,20,23). The van der Waals surface area contributed by atoms with Crippen LogP contribution in [0.4, 0.5) is 5.69 Å². The predicted molar refractivity (Wildman–Crippen MR) is 94.6 cm³/mol. The van der Waals surface area contributed by atoms with E-state index in [1.165, 1.54) is 34.9 Å². The Balaban J connectivity index is 1.80. The van der Waals surface area contributed by atoms with Crippen LogP contribution in [0.1, 0.15) is 15.9 Å². The van der Waals surface area contributed by atoms with Crippen LogP contribution in [0.5, 0.6) is 0 Å². The summed E-state index contributed by atoms with van der Waals surface area (Å²) in [7, 11) is 0. The van der Waals surface area contributed by atoms with Gasteiger partial charge in [-0.25, -0.2) is 10.4 Å². The number of nitro groups is 1. The molecule has 26 heavy (non-hydrogen) atoms. The Labute approximate surface area is 150 Å². The van der Waals surface area contributed by atoms with Crippen LogP contribution in [-0.2, 0) is 0 Å². The second-order valence-electron chi connectivity index (χ2n) is 5.05. The maximum absolute atomic E-state index is 12.4. The number of hydrazone groups is 1. The van der Waals surface area contributed by atoms with E-state index in [1.807, 2.05) is 0 Å². The van der Waals surface area contributed by atoms with Gasteiger partial charge in [-0.15, -0.1) is 0 Å². The van der Waals surface area contributed by atoms with Gasteiger partial charge in [-0.05, 0) is 24.3 Å². The average Bonchev–Trinajstić information content (AvgIpc) is 2.64. The molecule has 2 heterocycles. The molecule has 1 aromatic carbocycles. The van der Waals surface area contributed by atoms with E-state index in [0.29, 0.717) is 5.65 Å². The number of fused-ring (bicyclic) bond motifs is 1. The summed E-state index contributed by atoms with van der Waals surface area (Å²) in [6.07, 6.45) is 2.63. The SMILES string of the molecule is O=C(NN=Cc1c(Cl)nc2ccccn2c1=O)c1ccc([N+](=O)[O-])cc1. The Kier molecular flexibility index (Phi) is 4.72. The molecule has 9 nitrogen and oxygen atoms in total. The minimum Gasteiger partial charge on any atom is -0.268 e. The first-order valence-electron chi connectivity index (χ1n) is 7.22. The second-order valence-corrected chi connectivity index (χ2v) is 5.41. The molecule has 0 fully saturated rings. The fourth-order valence-electron chi connectivity index (χ4n) is 2.14. The third-order valence-corrected chi connectivity index (χ3v) is 3.71. The summed E-state index contributed by atoms with van der Waals surface area (Å²) in [4.78, 5) is 38.4. The maximum atomic E-state index is 12.4. The van der Waals surface area contributed by atoms with Crippen molar-refractivity contribution in [1.29, 1.82) is 0 Å². The largest absolute Gasteiger partial charge is 0.271 e. The molecule has 0 unspecified atom stereocenters. The van der Waals surface area contributed by atoms with Crippen LogP contribution in [-0.4, -0.2) is 26.4 Å². The van der Waals surface area contributed by atoms with E-state index in [9.17, 15) is 19.7 Å². The van der Waals surface area contributed by atoms with Crippen LogP contribution in [0.3, 0.4) is 0 Å². The molecule has 10 heteroatoms. The van der Waals surface area contributed by atoms with E-state index in [4.69, 9.17) is 11.6 Å². The van der Waals surface area contributed by atoms with Gasteiger partial charge in [-0.2, -0.15) is 5.10 Å². The van der Waals surface area contributed by atoms with Gasteiger partial charge < -0.3 is 0 Å². The van der Waals surface area contributed by atoms with Crippen molar-refractivity contribution < 1.29 is 9.72 Å². The van der Waals surface area contributed by atoms with E-state index < -0.39 is 16.4 Å². The number of halogens is 1. The van der Waals surface area contributed by atoms with Crippen molar-refractivity contribution in [2.24, 2.45) is 5.10 Å². The normalized spacial score (nSPS) is 11.0. The van der Waals surface area contributed by atoms with Crippen LogP contribution in [0.2, 0.25) is 5.15 Å². The molecular weight excluding hydrogens is 362 g/mol. The Morgan fingerprint density at radius 3 is 2.69 bits per heavy atom. The van der Waals surface area contributed by atoms with Gasteiger partial charge in [0.1, 0.15) is 10.8 Å². The number of carbonyl (C=O) groups excluding carboxylic acids is 1. The third kappa shape index (κ3) is 3.42. The average molecular weight is 372 g/mol. The number of hydrogen-bond acceptors (Lipinski definition) is 6. The Bertz CT molecular complexity index is 1090. The van der Waals surface area contributed by atoms with Crippen LogP contribution in [0.25, 0.3) is 5.65 Å². The number of carbonyl (C=O) groups is 1. The molecule has 3 rings (SSSR count). The first-order chi connectivity index (χ1) is 12.5. The molecule has 0 aliphatic rings. The number of amides is 1. The Morgan fingerprint density at radius 1 is 1.27 bits per heavy atom. The van der Waals surface area contributed by atoms with Crippen LogP contribution < -0.4 is 11.0 Å². The molecule has 130 valence electrons. The summed E-state index contributed by atoms with van der Waals surface area (Å²) >= 11 is 6.00. The van der Waals surface area contributed by atoms with Crippen molar-refractivity contribution in [3.05, 3.63) is 85.4 Å². The van der Waals surface area contributed by atoms with Gasteiger partial charge in [0, 0.05) is 23.9 Å². The van der Waals surface area contributed by atoms with Crippen molar-refractivity contribution in [2.45, 2.75) is 0 Å². The zero-order valence-electron chi connectivity index (χ0n) is 13.0. The van der Waals surface area contributed by atoms with E-state index in [1.54, 1.807) is 18.2 Å². The topological polar surface area (TPSA) is 119 Å². The van der Waals surface area contributed by atoms with Crippen molar-refractivity contribution in [1.82, 2.24) is 14.8 Å². The molecule has 2 aromatic heterocycles. The number of nitro benzene ring substituents is 1.